The molecule has 0 heterocycles. The molecule has 0 spiro atoms. The second-order valence-corrected chi connectivity index (χ2v) is 13.1. The fourth-order valence-corrected chi connectivity index (χ4v) is 5.65. The van der Waals surface area contributed by atoms with Crippen LogP contribution in [-0.2, 0) is 32.8 Å². The van der Waals surface area contributed by atoms with Gasteiger partial charge in [-0.15, -0.1) is 0 Å². The number of carbonyl (C=O) groups excluding carboxylic acids is 2. The van der Waals surface area contributed by atoms with Gasteiger partial charge >= 0.3 is 10.2 Å². The van der Waals surface area contributed by atoms with E-state index in [1.54, 1.807) is 48.5 Å². The number of hydrogen-bond acceptors (Lipinski definition) is 4. The smallest absolute Gasteiger partial charge is 0.304 e. The summed E-state index contributed by atoms with van der Waals surface area (Å²) in [5, 5.41) is 3.71. The fraction of sp³-hybridized carbons (Fsp3) is 0.333. The Morgan fingerprint density at radius 1 is 0.902 bits per heavy atom. The van der Waals surface area contributed by atoms with Crippen molar-refractivity contribution in [3.8, 4) is 0 Å². The molecule has 0 aliphatic rings. The van der Waals surface area contributed by atoms with E-state index in [-0.39, 0.29) is 24.8 Å². The average molecular weight is 620 g/mol. The number of hydrogen-bond donors (Lipinski definition) is 1. The van der Waals surface area contributed by atoms with Gasteiger partial charge in [0.2, 0.25) is 11.8 Å². The minimum absolute atomic E-state index is 0.0356. The molecular weight excluding hydrogens is 583 g/mol. The van der Waals surface area contributed by atoms with Crippen molar-refractivity contribution in [3.63, 3.8) is 0 Å². The molecule has 0 aliphatic heterocycles. The number of anilines is 1. The van der Waals surface area contributed by atoms with Crippen molar-refractivity contribution in [1.82, 2.24) is 14.5 Å². The number of amides is 2. The summed E-state index contributed by atoms with van der Waals surface area (Å²) in [6, 6.07) is 21.7. The molecule has 220 valence electrons. The van der Waals surface area contributed by atoms with Crippen molar-refractivity contribution in [2.24, 2.45) is 5.92 Å². The molecule has 11 heteroatoms. The Hall–Kier alpha value is -3.11. The fourth-order valence-electron chi connectivity index (χ4n) is 4.12. The lowest BCUT2D eigenvalue weighted by Gasteiger charge is -2.34. The molecule has 1 N–H and O–H groups in total. The molecule has 3 aromatic rings. The van der Waals surface area contributed by atoms with Crippen LogP contribution in [0.1, 0.15) is 25.0 Å². The van der Waals surface area contributed by atoms with Crippen LogP contribution in [0.3, 0.4) is 0 Å². The number of para-hydroxylation sites is 1. The van der Waals surface area contributed by atoms with Gasteiger partial charge in [0.15, 0.2) is 0 Å². The van der Waals surface area contributed by atoms with Gasteiger partial charge in [0.25, 0.3) is 0 Å². The van der Waals surface area contributed by atoms with E-state index in [1.807, 2.05) is 44.2 Å². The van der Waals surface area contributed by atoms with Crippen molar-refractivity contribution in [3.05, 3.63) is 100 Å². The Labute approximate surface area is 253 Å². The van der Waals surface area contributed by atoms with Crippen LogP contribution in [0.5, 0.6) is 0 Å². The first kappa shape index (κ1) is 32.4. The standard InChI is InChI=1S/C30H36Cl2N4O4S/c1-22(2)19-33-30(38)28(17-23-11-7-5-8-12-23)35(20-24-15-16-25(31)18-27(24)32)29(37)21-36(41(39,40)34(3)4)26-13-9-6-10-14-26/h5-16,18,22,28H,17,19-21H2,1-4H3,(H,33,38)/t28-/m1/s1. The van der Waals surface area contributed by atoms with Gasteiger partial charge < -0.3 is 10.2 Å². The largest absolute Gasteiger partial charge is 0.354 e. The molecule has 0 saturated carbocycles. The van der Waals surface area contributed by atoms with E-state index in [2.05, 4.69) is 5.32 Å². The van der Waals surface area contributed by atoms with Gasteiger partial charge in [0.05, 0.1) is 5.69 Å². The Kier molecular flexibility index (Phi) is 11.6. The zero-order chi connectivity index (χ0) is 30.2. The third-order valence-corrected chi connectivity index (χ3v) is 8.78. The minimum Gasteiger partial charge on any atom is -0.354 e. The first-order valence-corrected chi connectivity index (χ1v) is 15.4. The highest BCUT2D eigenvalue weighted by molar-refractivity contribution is 7.90. The highest BCUT2D eigenvalue weighted by atomic mass is 35.5. The summed E-state index contributed by atoms with van der Waals surface area (Å²) in [5.74, 6) is -0.723. The van der Waals surface area contributed by atoms with Gasteiger partial charge in [0, 0.05) is 43.7 Å². The highest BCUT2D eigenvalue weighted by Gasteiger charge is 2.35. The van der Waals surface area contributed by atoms with Gasteiger partial charge in [-0.05, 0) is 41.3 Å². The molecule has 0 bridgehead atoms. The Morgan fingerprint density at radius 2 is 1.51 bits per heavy atom. The Balaban J connectivity index is 2.10. The molecule has 3 aromatic carbocycles. The molecule has 41 heavy (non-hydrogen) atoms. The quantitative estimate of drug-likeness (QED) is 0.291. The number of rotatable bonds is 13. The molecule has 0 saturated heterocycles. The van der Waals surface area contributed by atoms with Crippen LogP contribution in [0.25, 0.3) is 0 Å². The predicted molar refractivity (Wildman–Crippen MR) is 165 cm³/mol. The van der Waals surface area contributed by atoms with E-state index >= 15 is 0 Å². The van der Waals surface area contributed by atoms with Crippen molar-refractivity contribution in [2.45, 2.75) is 32.9 Å². The molecule has 0 unspecified atom stereocenters. The van der Waals surface area contributed by atoms with Crippen molar-refractivity contribution in [2.75, 3.05) is 31.5 Å². The van der Waals surface area contributed by atoms with Crippen molar-refractivity contribution >= 4 is 50.9 Å². The maximum atomic E-state index is 14.2. The Morgan fingerprint density at radius 3 is 2.07 bits per heavy atom. The summed E-state index contributed by atoms with van der Waals surface area (Å²) < 4.78 is 28.8. The number of nitrogens with zero attached hydrogens (tertiary/aromatic N) is 3. The summed E-state index contributed by atoms with van der Waals surface area (Å²) in [6.07, 6.45) is 0.216. The minimum atomic E-state index is -4.06. The molecule has 0 aliphatic carbocycles. The molecule has 3 rings (SSSR count). The van der Waals surface area contributed by atoms with Crippen LogP contribution >= 0.6 is 23.2 Å². The highest BCUT2D eigenvalue weighted by Crippen LogP contribution is 2.25. The van der Waals surface area contributed by atoms with Crippen LogP contribution in [0.15, 0.2) is 78.9 Å². The van der Waals surface area contributed by atoms with E-state index in [0.717, 1.165) is 14.2 Å². The topological polar surface area (TPSA) is 90.0 Å². The maximum absolute atomic E-state index is 14.2. The van der Waals surface area contributed by atoms with Crippen LogP contribution < -0.4 is 9.62 Å². The lowest BCUT2D eigenvalue weighted by atomic mass is 10.0. The number of halogens is 2. The average Bonchev–Trinajstić information content (AvgIpc) is 2.94. The summed E-state index contributed by atoms with van der Waals surface area (Å²) in [5.41, 5.74) is 1.74. The first-order valence-electron chi connectivity index (χ1n) is 13.2. The van der Waals surface area contributed by atoms with E-state index in [0.29, 0.717) is 27.8 Å². The van der Waals surface area contributed by atoms with Crippen LogP contribution in [0, 0.1) is 5.92 Å². The lowest BCUT2D eigenvalue weighted by Crippen LogP contribution is -2.54. The van der Waals surface area contributed by atoms with E-state index in [4.69, 9.17) is 23.2 Å². The summed E-state index contributed by atoms with van der Waals surface area (Å²) in [6.45, 7) is 3.81. The Bertz CT molecular complexity index is 1420. The van der Waals surface area contributed by atoms with Gasteiger partial charge in [-0.3, -0.25) is 9.59 Å². The first-order chi connectivity index (χ1) is 19.4. The van der Waals surface area contributed by atoms with Gasteiger partial charge in [0.1, 0.15) is 12.6 Å². The molecule has 0 fully saturated rings. The molecule has 1 atom stereocenters. The molecule has 2 amide bonds. The lowest BCUT2D eigenvalue weighted by molar-refractivity contribution is -0.140. The molecule has 0 aromatic heterocycles. The normalized spacial score (nSPS) is 12.3. The van der Waals surface area contributed by atoms with Gasteiger partial charge in [-0.2, -0.15) is 12.7 Å². The molecular formula is C30H36Cl2N4O4S. The zero-order valence-corrected chi connectivity index (χ0v) is 26.0. The number of benzene rings is 3. The molecule has 0 radical (unpaired) electrons. The monoisotopic (exact) mass is 618 g/mol. The second-order valence-electron chi connectivity index (χ2n) is 10.2. The van der Waals surface area contributed by atoms with Gasteiger partial charge in [-0.25, -0.2) is 4.31 Å². The molecule has 8 nitrogen and oxygen atoms in total. The summed E-state index contributed by atoms with van der Waals surface area (Å²) in [4.78, 5) is 29.3. The van der Waals surface area contributed by atoms with Crippen molar-refractivity contribution in [1.29, 1.82) is 0 Å². The summed E-state index contributed by atoms with van der Waals surface area (Å²) >= 11 is 12.6. The number of carbonyl (C=O) groups is 2. The van der Waals surface area contributed by atoms with E-state index < -0.39 is 28.7 Å². The zero-order valence-electron chi connectivity index (χ0n) is 23.6. The maximum Gasteiger partial charge on any atom is 0.304 e. The van der Waals surface area contributed by atoms with Crippen LogP contribution in [0.2, 0.25) is 10.0 Å². The van der Waals surface area contributed by atoms with Crippen LogP contribution in [-0.4, -0.2) is 62.7 Å². The predicted octanol–water partition coefficient (Wildman–Crippen LogP) is 5.02. The summed E-state index contributed by atoms with van der Waals surface area (Å²) in [7, 11) is -1.26. The van der Waals surface area contributed by atoms with E-state index in [9.17, 15) is 18.0 Å². The van der Waals surface area contributed by atoms with Gasteiger partial charge in [-0.1, -0.05) is 91.6 Å². The second kappa shape index (κ2) is 14.7. The van der Waals surface area contributed by atoms with Crippen molar-refractivity contribution < 1.29 is 18.0 Å². The SMILES string of the molecule is CC(C)CNC(=O)[C@@H](Cc1ccccc1)N(Cc1ccc(Cl)cc1Cl)C(=O)CN(c1ccccc1)S(=O)(=O)N(C)C. The third-order valence-electron chi connectivity index (χ3n) is 6.37. The van der Waals surface area contributed by atoms with Crippen LogP contribution in [0.4, 0.5) is 5.69 Å². The third kappa shape index (κ3) is 8.94. The van der Waals surface area contributed by atoms with E-state index in [1.165, 1.54) is 19.0 Å². The number of nitrogens with one attached hydrogen (secondary N) is 1.